The number of alkyl halides is 3. The summed E-state index contributed by atoms with van der Waals surface area (Å²) in [7, 11) is 0. The van der Waals surface area contributed by atoms with E-state index in [2.05, 4.69) is 4.74 Å². The van der Waals surface area contributed by atoms with Crippen molar-refractivity contribution in [2.75, 3.05) is 13.2 Å². The van der Waals surface area contributed by atoms with Gasteiger partial charge in [0.15, 0.2) is 0 Å². The maximum Gasteiger partial charge on any atom is 0.411 e. The molecule has 1 aromatic heterocycles. The Kier molecular flexibility index (Phi) is 3.77. The van der Waals surface area contributed by atoms with E-state index in [-0.39, 0.29) is 12.4 Å². The van der Waals surface area contributed by atoms with Crippen molar-refractivity contribution >= 4 is 11.0 Å². The van der Waals surface area contributed by atoms with Gasteiger partial charge in [-0.05, 0) is 24.3 Å². The molecule has 2 N–H and O–H groups in total. The molecule has 7 heteroatoms. The number of ether oxygens (including phenoxy) is 1. The van der Waals surface area contributed by atoms with Gasteiger partial charge in [-0.1, -0.05) is 0 Å². The molecule has 3 nitrogen and oxygen atoms in total. The molecule has 0 aliphatic carbocycles. The van der Waals surface area contributed by atoms with E-state index in [9.17, 15) is 17.6 Å². The topological polar surface area (TPSA) is 48.4 Å². The van der Waals surface area contributed by atoms with Crippen LogP contribution in [0.5, 0.6) is 0 Å². The second kappa shape index (κ2) is 5.18. The standard InChI is InChI=1S/C12H11F4NO2/c13-8-1-2-10-7(3-8)4-11(19-10)9(17)5-18-6-12(14,15)16/h1-4,9H,5-6,17H2. The van der Waals surface area contributed by atoms with Crippen molar-refractivity contribution in [1.82, 2.24) is 0 Å². The van der Waals surface area contributed by atoms with Crippen LogP contribution in [0, 0.1) is 5.82 Å². The van der Waals surface area contributed by atoms with Crippen molar-refractivity contribution in [2.24, 2.45) is 5.73 Å². The quantitative estimate of drug-likeness (QED) is 0.873. The molecule has 2 rings (SSSR count). The fourth-order valence-electron chi connectivity index (χ4n) is 1.60. The Morgan fingerprint density at radius 1 is 1.26 bits per heavy atom. The summed E-state index contributed by atoms with van der Waals surface area (Å²) in [5.74, 6) is -0.176. The van der Waals surface area contributed by atoms with E-state index < -0.39 is 24.6 Å². The zero-order valence-corrected chi connectivity index (χ0v) is 9.71. The molecule has 2 aromatic rings. The molecule has 0 spiro atoms. The van der Waals surface area contributed by atoms with Gasteiger partial charge in [-0.15, -0.1) is 0 Å². The van der Waals surface area contributed by atoms with Crippen LogP contribution < -0.4 is 5.73 Å². The Morgan fingerprint density at radius 3 is 2.68 bits per heavy atom. The fraction of sp³-hybridized carbons (Fsp3) is 0.333. The predicted molar refractivity (Wildman–Crippen MR) is 60.0 cm³/mol. The first-order chi connectivity index (χ1) is 8.85. The summed E-state index contributed by atoms with van der Waals surface area (Å²) in [6.07, 6.45) is -4.39. The molecule has 0 radical (unpaired) electrons. The van der Waals surface area contributed by atoms with Gasteiger partial charge in [0, 0.05) is 5.39 Å². The Balaban J connectivity index is 2.03. The highest BCUT2D eigenvalue weighted by Gasteiger charge is 2.28. The smallest absolute Gasteiger partial charge is 0.411 e. The van der Waals surface area contributed by atoms with Crippen molar-refractivity contribution in [3.8, 4) is 0 Å². The molecule has 1 aromatic carbocycles. The summed E-state index contributed by atoms with van der Waals surface area (Å²) in [5, 5.41) is 0.501. The number of furan rings is 1. The summed E-state index contributed by atoms with van der Waals surface area (Å²) in [4.78, 5) is 0. The molecular weight excluding hydrogens is 266 g/mol. The number of rotatable bonds is 4. The number of benzene rings is 1. The van der Waals surface area contributed by atoms with Crippen LogP contribution in [0.25, 0.3) is 11.0 Å². The first-order valence-corrected chi connectivity index (χ1v) is 5.44. The SMILES string of the molecule is NC(COCC(F)(F)F)c1cc2cc(F)ccc2o1. The van der Waals surface area contributed by atoms with Crippen molar-refractivity contribution < 1.29 is 26.7 Å². The van der Waals surface area contributed by atoms with Crippen LogP contribution in [0.3, 0.4) is 0 Å². The average molecular weight is 277 g/mol. The van der Waals surface area contributed by atoms with E-state index in [0.717, 1.165) is 0 Å². The summed E-state index contributed by atoms with van der Waals surface area (Å²) in [5.41, 5.74) is 6.07. The average Bonchev–Trinajstić information content (AvgIpc) is 2.70. The lowest BCUT2D eigenvalue weighted by molar-refractivity contribution is -0.175. The van der Waals surface area contributed by atoms with Crippen molar-refractivity contribution in [1.29, 1.82) is 0 Å². The van der Waals surface area contributed by atoms with Gasteiger partial charge in [0.2, 0.25) is 0 Å². The van der Waals surface area contributed by atoms with Crippen LogP contribution >= 0.6 is 0 Å². The zero-order valence-electron chi connectivity index (χ0n) is 9.71. The van der Waals surface area contributed by atoms with Crippen molar-refractivity contribution in [2.45, 2.75) is 12.2 Å². The molecule has 104 valence electrons. The minimum atomic E-state index is -4.39. The van der Waals surface area contributed by atoms with Gasteiger partial charge < -0.3 is 14.9 Å². The highest BCUT2D eigenvalue weighted by Crippen LogP contribution is 2.24. The molecule has 0 saturated heterocycles. The summed E-state index contributed by atoms with van der Waals surface area (Å²) >= 11 is 0. The Morgan fingerprint density at radius 2 is 2.00 bits per heavy atom. The zero-order chi connectivity index (χ0) is 14.0. The molecule has 0 saturated carbocycles. The molecule has 0 aliphatic heterocycles. The lowest BCUT2D eigenvalue weighted by Crippen LogP contribution is -2.22. The third kappa shape index (κ3) is 3.68. The van der Waals surface area contributed by atoms with E-state index in [0.29, 0.717) is 11.0 Å². The highest BCUT2D eigenvalue weighted by atomic mass is 19.4. The molecule has 0 bridgehead atoms. The number of halogens is 4. The molecule has 1 atom stereocenters. The second-order valence-corrected chi connectivity index (χ2v) is 4.07. The van der Waals surface area contributed by atoms with Gasteiger partial charge in [-0.25, -0.2) is 4.39 Å². The maximum absolute atomic E-state index is 13.0. The van der Waals surface area contributed by atoms with E-state index in [1.54, 1.807) is 0 Å². The van der Waals surface area contributed by atoms with Crippen molar-refractivity contribution in [3.05, 3.63) is 35.8 Å². The van der Waals surface area contributed by atoms with Gasteiger partial charge >= 0.3 is 6.18 Å². The van der Waals surface area contributed by atoms with Crippen LogP contribution in [0.4, 0.5) is 17.6 Å². The van der Waals surface area contributed by atoms with Gasteiger partial charge in [-0.2, -0.15) is 13.2 Å². The summed E-state index contributed by atoms with van der Waals surface area (Å²) in [6, 6.07) is 4.56. The Labute approximate surface area is 105 Å². The minimum absolute atomic E-state index is 0.253. The van der Waals surface area contributed by atoms with Crippen molar-refractivity contribution in [3.63, 3.8) is 0 Å². The first kappa shape index (κ1) is 13.8. The van der Waals surface area contributed by atoms with E-state index in [4.69, 9.17) is 10.2 Å². The Hall–Kier alpha value is -1.60. The lowest BCUT2D eigenvalue weighted by Gasteiger charge is -2.11. The van der Waals surface area contributed by atoms with E-state index in [1.165, 1.54) is 24.3 Å². The molecule has 19 heavy (non-hydrogen) atoms. The fourth-order valence-corrected chi connectivity index (χ4v) is 1.60. The second-order valence-electron chi connectivity index (χ2n) is 4.07. The summed E-state index contributed by atoms with van der Waals surface area (Å²) in [6.45, 7) is -1.70. The number of hydrogen-bond acceptors (Lipinski definition) is 3. The molecule has 1 heterocycles. The molecule has 1 unspecified atom stereocenters. The third-order valence-corrected chi connectivity index (χ3v) is 2.43. The van der Waals surface area contributed by atoms with Crippen LogP contribution in [-0.4, -0.2) is 19.4 Å². The largest absolute Gasteiger partial charge is 0.459 e. The summed E-state index contributed by atoms with van der Waals surface area (Å²) < 4.78 is 58.4. The number of nitrogens with two attached hydrogens (primary N) is 1. The predicted octanol–water partition coefficient (Wildman–Crippen LogP) is 3.15. The monoisotopic (exact) mass is 277 g/mol. The van der Waals surface area contributed by atoms with Gasteiger partial charge in [0.25, 0.3) is 0 Å². The Bertz CT molecular complexity index is 564. The maximum atomic E-state index is 13.0. The third-order valence-electron chi connectivity index (χ3n) is 2.43. The normalized spacial score (nSPS) is 13.9. The van der Waals surface area contributed by atoms with Crippen LogP contribution in [-0.2, 0) is 4.74 Å². The van der Waals surface area contributed by atoms with E-state index in [1.807, 2.05) is 0 Å². The molecule has 0 fully saturated rings. The minimum Gasteiger partial charge on any atom is -0.459 e. The molecule has 0 amide bonds. The van der Waals surface area contributed by atoms with Gasteiger partial charge in [-0.3, -0.25) is 0 Å². The van der Waals surface area contributed by atoms with E-state index >= 15 is 0 Å². The first-order valence-electron chi connectivity index (χ1n) is 5.44. The molecular formula is C12H11F4NO2. The number of fused-ring (bicyclic) bond motifs is 1. The lowest BCUT2D eigenvalue weighted by atomic mass is 10.2. The van der Waals surface area contributed by atoms with Crippen LogP contribution in [0.15, 0.2) is 28.7 Å². The van der Waals surface area contributed by atoms with Gasteiger partial charge in [0.1, 0.15) is 23.8 Å². The van der Waals surface area contributed by atoms with Gasteiger partial charge in [0.05, 0.1) is 12.6 Å². The van der Waals surface area contributed by atoms with Crippen LogP contribution in [0.1, 0.15) is 11.8 Å². The number of hydrogen-bond donors (Lipinski definition) is 1. The highest BCUT2D eigenvalue weighted by molar-refractivity contribution is 5.77. The molecule has 0 aliphatic rings. The van der Waals surface area contributed by atoms with Crippen LogP contribution in [0.2, 0.25) is 0 Å².